The predicted molar refractivity (Wildman–Crippen MR) is 107 cm³/mol. The minimum Gasteiger partial charge on any atom is -0.336 e. The van der Waals surface area contributed by atoms with E-state index in [-0.39, 0.29) is 24.5 Å². The number of aromatic nitrogens is 1. The third kappa shape index (κ3) is 4.01. The number of rotatable bonds is 4. The number of urea groups is 1. The van der Waals surface area contributed by atoms with E-state index in [9.17, 15) is 9.59 Å². The molecular formula is C22H26N4O2. The molecular weight excluding hydrogens is 352 g/mol. The van der Waals surface area contributed by atoms with E-state index in [1.165, 1.54) is 12.8 Å². The first-order valence-electron chi connectivity index (χ1n) is 10.0. The number of hydrogen-bond donors (Lipinski definition) is 1. The molecule has 2 aromatic rings. The van der Waals surface area contributed by atoms with E-state index in [0.717, 1.165) is 24.0 Å². The van der Waals surface area contributed by atoms with Crippen LogP contribution in [0.1, 0.15) is 42.9 Å². The Morgan fingerprint density at radius 2 is 1.68 bits per heavy atom. The fourth-order valence-corrected chi connectivity index (χ4v) is 4.24. The molecule has 1 N–H and O–H groups in total. The summed E-state index contributed by atoms with van der Waals surface area (Å²) in [6, 6.07) is 13.6. The molecule has 6 heteroatoms. The first-order chi connectivity index (χ1) is 13.7. The Hall–Kier alpha value is -2.89. The maximum Gasteiger partial charge on any atom is 0.318 e. The SMILES string of the molecule is O=C(NC(c1ccccc1)c1ccncc1)N1CCN(C2CCCC2)C(=O)C1. The van der Waals surface area contributed by atoms with Crippen LogP contribution in [0.15, 0.2) is 54.9 Å². The molecule has 2 aliphatic rings. The second kappa shape index (κ2) is 8.42. The topological polar surface area (TPSA) is 65.5 Å². The van der Waals surface area contributed by atoms with Crippen LogP contribution in [0.4, 0.5) is 4.79 Å². The number of nitrogens with zero attached hydrogens (tertiary/aromatic N) is 3. The highest BCUT2D eigenvalue weighted by molar-refractivity contribution is 5.85. The Morgan fingerprint density at radius 3 is 2.36 bits per heavy atom. The van der Waals surface area contributed by atoms with Crippen molar-refractivity contribution in [1.29, 1.82) is 0 Å². The van der Waals surface area contributed by atoms with Crippen molar-refractivity contribution in [1.82, 2.24) is 20.1 Å². The van der Waals surface area contributed by atoms with Gasteiger partial charge in [0.25, 0.3) is 0 Å². The van der Waals surface area contributed by atoms with Crippen LogP contribution in [0.25, 0.3) is 0 Å². The zero-order valence-electron chi connectivity index (χ0n) is 16.0. The summed E-state index contributed by atoms with van der Waals surface area (Å²) in [7, 11) is 0. The van der Waals surface area contributed by atoms with Crippen LogP contribution in [-0.2, 0) is 4.79 Å². The van der Waals surface area contributed by atoms with Crippen molar-refractivity contribution in [2.24, 2.45) is 0 Å². The maximum atomic E-state index is 13.0. The van der Waals surface area contributed by atoms with Gasteiger partial charge in [-0.2, -0.15) is 0 Å². The van der Waals surface area contributed by atoms with Gasteiger partial charge >= 0.3 is 6.03 Å². The van der Waals surface area contributed by atoms with Crippen LogP contribution in [-0.4, -0.2) is 52.4 Å². The van der Waals surface area contributed by atoms with E-state index in [0.29, 0.717) is 19.1 Å². The monoisotopic (exact) mass is 378 g/mol. The minimum absolute atomic E-state index is 0.0634. The highest BCUT2D eigenvalue weighted by Crippen LogP contribution is 2.25. The van der Waals surface area contributed by atoms with Crippen molar-refractivity contribution in [3.63, 3.8) is 0 Å². The summed E-state index contributed by atoms with van der Waals surface area (Å²) in [5.74, 6) is 0.0634. The van der Waals surface area contributed by atoms with Gasteiger partial charge in [0.15, 0.2) is 0 Å². The molecule has 1 aliphatic heterocycles. The van der Waals surface area contributed by atoms with Crippen molar-refractivity contribution >= 4 is 11.9 Å². The van der Waals surface area contributed by atoms with Crippen molar-refractivity contribution in [2.75, 3.05) is 19.6 Å². The van der Waals surface area contributed by atoms with Gasteiger partial charge in [0, 0.05) is 31.5 Å². The average Bonchev–Trinajstić information content (AvgIpc) is 3.27. The summed E-state index contributed by atoms with van der Waals surface area (Å²) in [5.41, 5.74) is 1.96. The first kappa shape index (κ1) is 18.5. The molecule has 1 aromatic carbocycles. The lowest BCUT2D eigenvalue weighted by Gasteiger charge is -2.38. The van der Waals surface area contributed by atoms with Crippen molar-refractivity contribution in [3.8, 4) is 0 Å². The molecule has 1 unspecified atom stereocenters. The van der Waals surface area contributed by atoms with E-state index in [2.05, 4.69) is 10.3 Å². The number of piperazine rings is 1. The highest BCUT2D eigenvalue weighted by Gasteiger charge is 2.33. The average molecular weight is 378 g/mol. The Labute approximate surface area is 165 Å². The Balaban J connectivity index is 1.45. The Morgan fingerprint density at radius 1 is 1.00 bits per heavy atom. The molecule has 6 nitrogen and oxygen atoms in total. The maximum absolute atomic E-state index is 13.0. The van der Waals surface area contributed by atoms with Crippen molar-refractivity contribution in [3.05, 3.63) is 66.0 Å². The van der Waals surface area contributed by atoms with Crippen LogP contribution in [0, 0.1) is 0 Å². The second-order valence-corrected chi connectivity index (χ2v) is 7.52. The lowest BCUT2D eigenvalue weighted by Crippen LogP contribution is -2.57. The van der Waals surface area contributed by atoms with E-state index >= 15 is 0 Å². The van der Waals surface area contributed by atoms with Crippen molar-refractivity contribution < 1.29 is 9.59 Å². The summed E-state index contributed by atoms with van der Waals surface area (Å²) in [6.45, 7) is 1.36. The number of hydrogen-bond acceptors (Lipinski definition) is 3. The van der Waals surface area contributed by atoms with Gasteiger partial charge in [-0.3, -0.25) is 9.78 Å². The summed E-state index contributed by atoms with van der Waals surface area (Å²) in [6.07, 6.45) is 8.03. The third-order valence-corrected chi connectivity index (χ3v) is 5.75. The van der Waals surface area contributed by atoms with E-state index in [4.69, 9.17) is 0 Å². The fraction of sp³-hybridized carbons (Fsp3) is 0.409. The third-order valence-electron chi connectivity index (χ3n) is 5.75. The molecule has 0 radical (unpaired) electrons. The number of pyridine rings is 1. The zero-order chi connectivity index (χ0) is 19.3. The molecule has 0 spiro atoms. The lowest BCUT2D eigenvalue weighted by atomic mass is 10.00. The molecule has 3 amide bonds. The van der Waals surface area contributed by atoms with Gasteiger partial charge in [0.1, 0.15) is 6.54 Å². The summed E-state index contributed by atoms with van der Waals surface area (Å²) in [4.78, 5) is 33.3. The Kier molecular flexibility index (Phi) is 5.55. The molecule has 1 aromatic heterocycles. The number of carbonyl (C=O) groups is 2. The van der Waals surface area contributed by atoms with Crippen LogP contribution in [0.2, 0.25) is 0 Å². The first-order valence-corrected chi connectivity index (χ1v) is 10.0. The van der Waals surface area contributed by atoms with E-state index in [1.54, 1.807) is 17.3 Å². The molecule has 1 saturated carbocycles. The summed E-state index contributed by atoms with van der Waals surface area (Å²) >= 11 is 0. The van der Waals surface area contributed by atoms with Crippen LogP contribution in [0.5, 0.6) is 0 Å². The predicted octanol–water partition coefficient (Wildman–Crippen LogP) is 2.97. The molecule has 1 aliphatic carbocycles. The molecule has 1 atom stereocenters. The molecule has 2 heterocycles. The van der Waals surface area contributed by atoms with Gasteiger partial charge in [-0.05, 0) is 36.1 Å². The summed E-state index contributed by atoms with van der Waals surface area (Å²) < 4.78 is 0. The van der Waals surface area contributed by atoms with Gasteiger partial charge in [0.05, 0.1) is 6.04 Å². The quantitative estimate of drug-likeness (QED) is 0.890. The molecule has 28 heavy (non-hydrogen) atoms. The highest BCUT2D eigenvalue weighted by atomic mass is 16.2. The molecule has 4 rings (SSSR count). The smallest absolute Gasteiger partial charge is 0.318 e. The lowest BCUT2D eigenvalue weighted by molar-refractivity contribution is -0.137. The normalized spacial score (nSPS) is 18.9. The largest absolute Gasteiger partial charge is 0.336 e. The number of carbonyl (C=O) groups excluding carboxylic acids is 2. The number of benzene rings is 1. The van der Waals surface area contributed by atoms with Gasteiger partial charge in [-0.15, -0.1) is 0 Å². The molecule has 146 valence electrons. The second-order valence-electron chi connectivity index (χ2n) is 7.52. The van der Waals surface area contributed by atoms with Crippen LogP contribution in [0.3, 0.4) is 0 Å². The minimum atomic E-state index is -0.278. The Bertz CT molecular complexity index is 766. The fourth-order valence-electron chi connectivity index (χ4n) is 4.24. The molecule has 2 fully saturated rings. The van der Waals surface area contributed by atoms with Gasteiger partial charge in [-0.1, -0.05) is 43.2 Å². The van der Waals surface area contributed by atoms with Crippen molar-refractivity contribution in [2.45, 2.75) is 37.8 Å². The van der Waals surface area contributed by atoms with Gasteiger partial charge < -0.3 is 15.1 Å². The number of nitrogens with one attached hydrogen (secondary N) is 1. The van der Waals surface area contributed by atoms with E-state index in [1.807, 2.05) is 47.4 Å². The standard InChI is InChI=1S/C22H26N4O2/c27-20-16-25(14-15-26(20)19-8-4-5-9-19)22(28)24-21(17-6-2-1-3-7-17)18-10-12-23-13-11-18/h1-3,6-7,10-13,19,21H,4-5,8-9,14-16H2,(H,24,28). The van der Waals surface area contributed by atoms with Crippen LogP contribution < -0.4 is 5.32 Å². The molecule has 0 bridgehead atoms. The zero-order valence-corrected chi connectivity index (χ0v) is 16.0. The summed E-state index contributed by atoms with van der Waals surface area (Å²) in [5, 5.41) is 3.11. The van der Waals surface area contributed by atoms with Crippen LogP contribution >= 0.6 is 0 Å². The molecule has 1 saturated heterocycles. The number of amides is 3. The van der Waals surface area contributed by atoms with Gasteiger partial charge in [0.2, 0.25) is 5.91 Å². The van der Waals surface area contributed by atoms with Gasteiger partial charge in [-0.25, -0.2) is 4.79 Å². The van der Waals surface area contributed by atoms with E-state index < -0.39 is 0 Å².